The third kappa shape index (κ3) is 4.41. The molecule has 2 atom stereocenters. The van der Waals surface area contributed by atoms with Gasteiger partial charge in [0.15, 0.2) is 27.4 Å². The molecule has 0 aliphatic carbocycles. The van der Waals surface area contributed by atoms with E-state index in [1.807, 2.05) is 0 Å². The maximum Gasteiger partial charge on any atom is 0.306 e. The largest absolute Gasteiger partial charge is 0.454 e. The number of sulfone groups is 1. The molecule has 1 N–H and O–H groups in total. The molecule has 1 aromatic carbocycles. The zero-order chi connectivity index (χ0) is 18.0. The number of benzene rings is 1. The minimum absolute atomic E-state index is 0.000125. The maximum absolute atomic E-state index is 12.1. The average Bonchev–Trinajstić information content (AvgIpc) is 3.12. The fourth-order valence-corrected chi connectivity index (χ4v) is 4.65. The predicted molar refractivity (Wildman–Crippen MR) is 88.1 cm³/mol. The molecule has 1 saturated heterocycles. The van der Waals surface area contributed by atoms with E-state index in [2.05, 4.69) is 5.32 Å². The minimum Gasteiger partial charge on any atom is -0.454 e. The lowest BCUT2D eigenvalue weighted by atomic mass is 10.1. The van der Waals surface area contributed by atoms with E-state index in [-0.39, 0.29) is 30.6 Å². The molecule has 2 heterocycles. The van der Waals surface area contributed by atoms with Gasteiger partial charge in [0, 0.05) is 18.2 Å². The van der Waals surface area contributed by atoms with E-state index < -0.39 is 27.8 Å². The van der Waals surface area contributed by atoms with Gasteiger partial charge >= 0.3 is 5.97 Å². The number of fused-ring (bicyclic) bond motifs is 1. The minimum atomic E-state index is -3.04. The summed E-state index contributed by atoms with van der Waals surface area (Å²) in [5.74, 6) is -0.0532. The number of rotatable bonds is 5. The third-order valence-electron chi connectivity index (χ3n) is 4.10. The molecule has 0 unspecified atom stereocenters. The van der Waals surface area contributed by atoms with Crippen molar-refractivity contribution in [3.05, 3.63) is 18.2 Å². The smallest absolute Gasteiger partial charge is 0.306 e. The fraction of sp³-hybridized carbons (Fsp3) is 0.500. The van der Waals surface area contributed by atoms with E-state index in [9.17, 15) is 18.0 Å². The van der Waals surface area contributed by atoms with Crippen LogP contribution in [0.2, 0.25) is 0 Å². The predicted octanol–water partition coefficient (Wildman–Crippen LogP) is 1.11. The number of ether oxygens (including phenoxy) is 3. The Labute approximate surface area is 145 Å². The Kier molecular flexibility index (Phi) is 4.85. The van der Waals surface area contributed by atoms with Crippen LogP contribution in [0.15, 0.2) is 18.2 Å². The zero-order valence-corrected chi connectivity index (χ0v) is 14.5. The van der Waals surface area contributed by atoms with Gasteiger partial charge in [-0.3, -0.25) is 9.59 Å². The molecule has 0 aromatic heterocycles. The Morgan fingerprint density at radius 3 is 2.80 bits per heavy atom. The molecule has 1 aromatic rings. The molecule has 9 heteroatoms. The first-order chi connectivity index (χ1) is 11.8. The molecule has 8 nitrogen and oxygen atoms in total. The maximum atomic E-state index is 12.1. The Bertz CT molecular complexity index is 790. The van der Waals surface area contributed by atoms with Crippen molar-refractivity contribution in [2.24, 2.45) is 5.92 Å². The van der Waals surface area contributed by atoms with Crippen molar-refractivity contribution in [2.75, 3.05) is 23.6 Å². The number of esters is 1. The molecule has 0 radical (unpaired) electrons. The molecule has 136 valence electrons. The topological polar surface area (TPSA) is 108 Å². The van der Waals surface area contributed by atoms with Gasteiger partial charge in [-0.05, 0) is 31.4 Å². The summed E-state index contributed by atoms with van der Waals surface area (Å²) in [5.41, 5.74) is 0.499. The third-order valence-corrected chi connectivity index (χ3v) is 5.94. The molecule has 0 bridgehead atoms. The molecule has 3 rings (SSSR count). The van der Waals surface area contributed by atoms with Crippen LogP contribution in [0.25, 0.3) is 0 Å². The first-order valence-electron chi connectivity index (χ1n) is 7.93. The summed E-state index contributed by atoms with van der Waals surface area (Å²) in [4.78, 5) is 24.0. The van der Waals surface area contributed by atoms with Gasteiger partial charge in [0.25, 0.3) is 5.91 Å². The van der Waals surface area contributed by atoms with E-state index in [1.54, 1.807) is 18.2 Å². The van der Waals surface area contributed by atoms with Crippen LogP contribution in [0.1, 0.15) is 19.8 Å². The van der Waals surface area contributed by atoms with Gasteiger partial charge in [0.1, 0.15) is 0 Å². The molecular formula is C16H19NO7S. The summed E-state index contributed by atoms with van der Waals surface area (Å²) in [6, 6.07) is 4.96. The highest BCUT2D eigenvalue weighted by molar-refractivity contribution is 7.91. The molecule has 0 saturated carbocycles. The second kappa shape index (κ2) is 6.91. The van der Waals surface area contributed by atoms with Crippen LogP contribution in [0.5, 0.6) is 11.5 Å². The lowest BCUT2D eigenvalue weighted by molar-refractivity contribution is -0.153. The zero-order valence-electron chi connectivity index (χ0n) is 13.7. The summed E-state index contributed by atoms with van der Waals surface area (Å²) >= 11 is 0. The van der Waals surface area contributed by atoms with Crippen molar-refractivity contribution < 1.29 is 32.2 Å². The van der Waals surface area contributed by atoms with Crippen molar-refractivity contribution in [3.8, 4) is 11.5 Å². The van der Waals surface area contributed by atoms with Crippen molar-refractivity contribution in [3.63, 3.8) is 0 Å². The van der Waals surface area contributed by atoms with Crippen molar-refractivity contribution in [1.29, 1.82) is 0 Å². The van der Waals surface area contributed by atoms with Gasteiger partial charge in [-0.25, -0.2) is 8.42 Å². The molecule has 0 spiro atoms. The lowest BCUT2D eigenvalue weighted by Crippen LogP contribution is -2.30. The van der Waals surface area contributed by atoms with Crippen LogP contribution in [0, 0.1) is 5.92 Å². The average molecular weight is 369 g/mol. The van der Waals surface area contributed by atoms with E-state index in [1.165, 1.54) is 6.92 Å². The van der Waals surface area contributed by atoms with E-state index in [0.29, 0.717) is 23.6 Å². The number of carbonyl (C=O) groups excluding carboxylic acids is 2. The summed E-state index contributed by atoms with van der Waals surface area (Å²) in [6.45, 7) is 1.60. The standard InChI is InChI=1S/C16H19NO7S/c1-10(24-15(18)6-11-4-5-25(20,21)8-11)16(19)17-12-2-3-13-14(7-12)23-9-22-13/h2-3,7,10-11H,4-6,8-9H2,1H3,(H,17,19)/t10-,11+/m1/s1. The van der Waals surface area contributed by atoms with E-state index in [4.69, 9.17) is 14.2 Å². The first kappa shape index (κ1) is 17.5. The monoisotopic (exact) mass is 369 g/mol. The van der Waals surface area contributed by atoms with Crippen LogP contribution in [-0.4, -0.2) is 44.7 Å². The van der Waals surface area contributed by atoms with Crippen LogP contribution in [-0.2, 0) is 24.2 Å². The van der Waals surface area contributed by atoms with Crippen molar-refractivity contribution in [2.45, 2.75) is 25.9 Å². The lowest BCUT2D eigenvalue weighted by Gasteiger charge is -2.15. The van der Waals surface area contributed by atoms with Crippen molar-refractivity contribution >= 4 is 27.4 Å². The second-order valence-electron chi connectivity index (χ2n) is 6.16. The summed E-state index contributed by atoms with van der Waals surface area (Å²) in [7, 11) is -3.04. The Balaban J connectivity index is 1.49. The van der Waals surface area contributed by atoms with Crippen LogP contribution >= 0.6 is 0 Å². The highest BCUT2D eigenvalue weighted by Gasteiger charge is 2.30. The molecular weight excluding hydrogens is 350 g/mol. The Hall–Kier alpha value is -2.29. The van der Waals surface area contributed by atoms with Crippen LogP contribution in [0.3, 0.4) is 0 Å². The molecule has 25 heavy (non-hydrogen) atoms. The number of hydrogen-bond donors (Lipinski definition) is 1. The molecule has 2 aliphatic heterocycles. The van der Waals surface area contributed by atoms with Crippen LogP contribution in [0.4, 0.5) is 5.69 Å². The van der Waals surface area contributed by atoms with Gasteiger partial charge in [0.05, 0.1) is 11.5 Å². The number of hydrogen-bond acceptors (Lipinski definition) is 7. The van der Waals surface area contributed by atoms with E-state index >= 15 is 0 Å². The molecule has 1 amide bonds. The van der Waals surface area contributed by atoms with Gasteiger partial charge < -0.3 is 19.5 Å². The normalized spacial score (nSPS) is 21.6. The highest BCUT2D eigenvalue weighted by Crippen LogP contribution is 2.34. The number of carbonyl (C=O) groups is 2. The summed E-state index contributed by atoms with van der Waals surface area (Å²) in [6.07, 6.45) is -0.535. The summed E-state index contributed by atoms with van der Waals surface area (Å²) in [5, 5.41) is 2.64. The molecule has 2 aliphatic rings. The Morgan fingerprint density at radius 1 is 1.32 bits per heavy atom. The van der Waals surface area contributed by atoms with Gasteiger partial charge in [-0.2, -0.15) is 0 Å². The highest BCUT2D eigenvalue weighted by atomic mass is 32.2. The number of anilines is 1. The second-order valence-corrected chi connectivity index (χ2v) is 8.39. The Morgan fingerprint density at radius 2 is 2.08 bits per heavy atom. The van der Waals surface area contributed by atoms with E-state index in [0.717, 1.165) is 0 Å². The van der Waals surface area contributed by atoms with Gasteiger partial charge in [-0.1, -0.05) is 0 Å². The molecule has 1 fully saturated rings. The number of amides is 1. The van der Waals surface area contributed by atoms with Gasteiger partial charge in [0.2, 0.25) is 6.79 Å². The quantitative estimate of drug-likeness (QED) is 0.775. The van der Waals surface area contributed by atoms with Crippen molar-refractivity contribution in [1.82, 2.24) is 0 Å². The van der Waals surface area contributed by atoms with Gasteiger partial charge in [-0.15, -0.1) is 0 Å². The van der Waals surface area contributed by atoms with Crippen LogP contribution < -0.4 is 14.8 Å². The first-order valence-corrected chi connectivity index (χ1v) is 9.75. The fourth-order valence-electron chi connectivity index (χ4n) is 2.79. The SMILES string of the molecule is C[C@@H](OC(=O)C[C@@H]1CCS(=O)(=O)C1)C(=O)Nc1ccc2c(c1)OCO2. The number of nitrogens with one attached hydrogen (secondary N) is 1. The summed E-state index contributed by atoms with van der Waals surface area (Å²) < 4.78 is 38.3.